The zero-order valence-electron chi connectivity index (χ0n) is 9.49. The third-order valence-corrected chi connectivity index (χ3v) is 2.34. The number of aryl methyl sites for hydroxylation is 2. The molecule has 0 saturated carbocycles. The molecule has 86 valence electrons. The van der Waals surface area contributed by atoms with E-state index in [0.717, 1.165) is 24.9 Å². The van der Waals surface area contributed by atoms with Crippen LogP contribution in [0.5, 0.6) is 0 Å². The van der Waals surface area contributed by atoms with E-state index in [1.54, 1.807) is 6.26 Å². The molecule has 1 N–H and O–H groups in total. The average molecular weight is 221 g/mol. The molecule has 0 spiro atoms. The summed E-state index contributed by atoms with van der Waals surface area (Å²) in [6.45, 7) is 2.89. The van der Waals surface area contributed by atoms with Gasteiger partial charge in [0.1, 0.15) is 0 Å². The Morgan fingerprint density at radius 3 is 2.94 bits per heavy atom. The van der Waals surface area contributed by atoms with Crippen LogP contribution in [-0.2, 0) is 6.42 Å². The Morgan fingerprint density at radius 1 is 1.38 bits per heavy atom. The van der Waals surface area contributed by atoms with Crippen LogP contribution >= 0.6 is 0 Å². The maximum Gasteiger partial charge on any atom is 0.283 e. The molecule has 2 heterocycles. The molecule has 0 aromatic carbocycles. The second kappa shape index (κ2) is 4.94. The molecular formula is C11H15N3O2. The Morgan fingerprint density at radius 2 is 2.25 bits per heavy atom. The first-order valence-electron chi connectivity index (χ1n) is 5.32. The molecule has 0 aliphatic carbocycles. The predicted molar refractivity (Wildman–Crippen MR) is 59.0 cm³/mol. The Hall–Kier alpha value is -1.62. The van der Waals surface area contributed by atoms with Gasteiger partial charge in [0.05, 0.1) is 6.26 Å². The second-order valence-corrected chi connectivity index (χ2v) is 3.64. The van der Waals surface area contributed by atoms with Crippen molar-refractivity contribution >= 4 is 0 Å². The van der Waals surface area contributed by atoms with Crippen molar-refractivity contribution < 1.29 is 8.83 Å². The highest BCUT2D eigenvalue weighted by Crippen LogP contribution is 2.22. The largest absolute Gasteiger partial charge is 0.459 e. The fourth-order valence-corrected chi connectivity index (χ4v) is 1.45. The summed E-state index contributed by atoms with van der Waals surface area (Å²) in [7, 11) is 1.92. The highest BCUT2D eigenvalue weighted by atomic mass is 16.4. The predicted octanol–water partition coefficient (Wildman–Crippen LogP) is 1.79. The van der Waals surface area contributed by atoms with Gasteiger partial charge in [0.15, 0.2) is 5.76 Å². The zero-order valence-corrected chi connectivity index (χ0v) is 9.49. The van der Waals surface area contributed by atoms with E-state index < -0.39 is 0 Å². The molecule has 0 saturated heterocycles. The third kappa shape index (κ3) is 2.30. The van der Waals surface area contributed by atoms with Gasteiger partial charge < -0.3 is 14.2 Å². The van der Waals surface area contributed by atoms with E-state index in [4.69, 9.17) is 8.83 Å². The third-order valence-electron chi connectivity index (χ3n) is 2.34. The Bertz CT molecular complexity index is 448. The molecule has 0 aliphatic rings. The maximum absolute atomic E-state index is 5.51. The van der Waals surface area contributed by atoms with Crippen molar-refractivity contribution in [2.24, 2.45) is 0 Å². The van der Waals surface area contributed by atoms with Crippen molar-refractivity contribution in [2.75, 3.05) is 13.6 Å². The minimum absolute atomic E-state index is 0.460. The van der Waals surface area contributed by atoms with Crippen molar-refractivity contribution in [3.8, 4) is 11.7 Å². The van der Waals surface area contributed by atoms with Crippen LogP contribution in [0.15, 0.2) is 21.2 Å². The second-order valence-electron chi connectivity index (χ2n) is 3.64. The number of nitrogens with one attached hydrogen (secondary N) is 1. The molecule has 5 nitrogen and oxygen atoms in total. The van der Waals surface area contributed by atoms with E-state index in [9.17, 15) is 0 Å². The summed E-state index contributed by atoms with van der Waals surface area (Å²) in [5, 5.41) is 11.0. The van der Waals surface area contributed by atoms with E-state index in [0.29, 0.717) is 17.5 Å². The molecule has 0 aliphatic heterocycles. The van der Waals surface area contributed by atoms with E-state index in [1.165, 1.54) is 0 Å². The standard InChI is InChI=1S/C11H15N3O2/c1-8-5-7-15-10(8)11-14-13-9(16-11)4-3-6-12-2/h5,7,12H,3-4,6H2,1-2H3. The topological polar surface area (TPSA) is 64.1 Å². The van der Waals surface area contributed by atoms with Crippen LogP contribution in [0.1, 0.15) is 17.9 Å². The molecule has 2 aromatic heterocycles. The molecule has 16 heavy (non-hydrogen) atoms. The Balaban J connectivity index is 2.05. The minimum Gasteiger partial charge on any atom is -0.459 e. The van der Waals surface area contributed by atoms with Gasteiger partial charge in [-0.05, 0) is 33.0 Å². The Labute approximate surface area is 93.9 Å². The first-order chi connectivity index (χ1) is 7.81. The van der Waals surface area contributed by atoms with Crippen LogP contribution in [0.3, 0.4) is 0 Å². The summed E-state index contributed by atoms with van der Waals surface area (Å²) in [4.78, 5) is 0. The molecule has 5 heteroatoms. The SMILES string of the molecule is CNCCCc1nnc(-c2occc2C)o1. The minimum atomic E-state index is 0.460. The van der Waals surface area contributed by atoms with Crippen LogP contribution in [0.2, 0.25) is 0 Å². The number of hydrogen-bond acceptors (Lipinski definition) is 5. The van der Waals surface area contributed by atoms with Crippen molar-refractivity contribution in [1.29, 1.82) is 0 Å². The quantitative estimate of drug-likeness (QED) is 0.780. The number of aromatic nitrogens is 2. The first kappa shape index (κ1) is 10.9. The summed E-state index contributed by atoms with van der Waals surface area (Å²) in [6, 6.07) is 1.88. The summed E-state index contributed by atoms with van der Waals surface area (Å²) in [5.74, 6) is 1.77. The van der Waals surface area contributed by atoms with Crippen LogP contribution in [0.25, 0.3) is 11.7 Å². The first-order valence-corrected chi connectivity index (χ1v) is 5.32. The summed E-state index contributed by atoms with van der Waals surface area (Å²) >= 11 is 0. The normalized spacial score (nSPS) is 10.9. The molecule has 0 bridgehead atoms. The molecule has 0 amide bonds. The van der Waals surface area contributed by atoms with Gasteiger partial charge in [-0.3, -0.25) is 0 Å². The van der Waals surface area contributed by atoms with Gasteiger partial charge in [-0.2, -0.15) is 0 Å². The van der Waals surface area contributed by atoms with Gasteiger partial charge in [-0.15, -0.1) is 10.2 Å². The summed E-state index contributed by atoms with van der Waals surface area (Å²) < 4.78 is 10.8. The maximum atomic E-state index is 5.51. The van der Waals surface area contributed by atoms with Gasteiger partial charge >= 0.3 is 0 Å². The molecule has 0 radical (unpaired) electrons. The van der Waals surface area contributed by atoms with Gasteiger partial charge in [-0.25, -0.2) is 0 Å². The van der Waals surface area contributed by atoms with Gasteiger partial charge in [0.25, 0.3) is 5.89 Å². The lowest BCUT2D eigenvalue weighted by molar-refractivity contribution is 0.472. The monoisotopic (exact) mass is 221 g/mol. The van der Waals surface area contributed by atoms with Crippen LogP contribution in [0.4, 0.5) is 0 Å². The van der Waals surface area contributed by atoms with E-state index >= 15 is 0 Å². The fourth-order valence-electron chi connectivity index (χ4n) is 1.45. The number of furan rings is 1. The van der Waals surface area contributed by atoms with Crippen LogP contribution in [0, 0.1) is 6.92 Å². The molecule has 0 fully saturated rings. The lowest BCUT2D eigenvalue weighted by atomic mass is 10.3. The van der Waals surface area contributed by atoms with E-state index in [2.05, 4.69) is 15.5 Å². The van der Waals surface area contributed by atoms with Gasteiger partial charge in [0.2, 0.25) is 5.89 Å². The number of rotatable bonds is 5. The molecule has 2 aromatic rings. The van der Waals surface area contributed by atoms with Crippen molar-refractivity contribution in [2.45, 2.75) is 19.8 Å². The van der Waals surface area contributed by atoms with E-state index in [1.807, 2.05) is 20.0 Å². The molecule has 2 rings (SSSR count). The van der Waals surface area contributed by atoms with Crippen molar-refractivity contribution in [1.82, 2.24) is 15.5 Å². The number of nitrogens with zero attached hydrogens (tertiary/aromatic N) is 2. The lowest BCUT2D eigenvalue weighted by Crippen LogP contribution is -2.08. The molecule has 0 unspecified atom stereocenters. The summed E-state index contributed by atoms with van der Waals surface area (Å²) in [6.07, 6.45) is 3.39. The lowest BCUT2D eigenvalue weighted by Gasteiger charge is -1.94. The fraction of sp³-hybridized carbons (Fsp3) is 0.455. The highest BCUT2D eigenvalue weighted by molar-refractivity contribution is 5.49. The van der Waals surface area contributed by atoms with Gasteiger partial charge in [-0.1, -0.05) is 0 Å². The summed E-state index contributed by atoms with van der Waals surface area (Å²) in [5.41, 5.74) is 1.01. The number of hydrogen-bond donors (Lipinski definition) is 1. The zero-order chi connectivity index (χ0) is 11.4. The smallest absolute Gasteiger partial charge is 0.283 e. The Kier molecular flexibility index (Phi) is 3.36. The van der Waals surface area contributed by atoms with Crippen molar-refractivity contribution in [3.05, 3.63) is 23.8 Å². The highest BCUT2D eigenvalue weighted by Gasteiger charge is 2.13. The van der Waals surface area contributed by atoms with Gasteiger partial charge in [0, 0.05) is 12.0 Å². The van der Waals surface area contributed by atoms with Crippen LogP contribution < -0.4 is 5.32 Å². The molecule has 0 atom stereocenters. The van der Waals surface area contributed by atoms with Crippen LogP contribution in [-0.4, -0.2) is 23.8 Å². The van der Waals surface area contributed by atoms with E-state index in [-0.39, 0.29) is 0 Å². The molecular weight excluding hydrogens is 206 g/mol. The van der Waals surface area contributed by atoms with Crippen molar-refractivity contribution in [3.63, 3.8) is 0 Å². The average Bonchev–Trinajstić information content (AvgIpc) is 2.87.